The number of anilines is 1. The van der Waals surface area contributed by atoms with Gasteiger partial charge in [0, 0.05) is 35.6 Å². The SMILES string of the molecule is O=C(Nc1nccs1)C1CCCN(C(=O)C=Cc2cccs2)C1. The number of nitrogens with zero attached hydrogens (tertiary/aromatic N) is 2. The van der Waals surface area contributed by atoms with Crippen LogP contribution in [0.15, 0.2) is 35.2 Å². The predicted molar refractivity (Wildman–Crippen MR) is 93.4 cm³/mol. The van der Waals surface area contributed by atoms with Gasteiger partial charge in [-0.05, 0) is 30.4 Å². The molecular weight excluding hydrogens is 330 g/mol. The number of hydrogen-bond acceptors (Lipinski definition) is 5. The van der Waals surface area contributed by atoms with Gasteiger partial charge in [0.05, 0.1) is 5.92 Å². The van der Waals surface area contributed by atoms with Crippen molar-refractivity contribution in [3.05, 3.63) is 40.0 Å². The lowest BCUT2D eigenvalue weighted by Gasteiger charge is -2.31. The zero-order chi connectivity index (χ0) is 16.1. The first-order valence-electron chi connectivity index (χ1n) is 7.43. The summed E-state index contributed by atoms with van der Waals surface area (Å²) in [6.45, 7) is 1.17. The van der Waals surface area contributed by atoms with Gasteiger partial charge in [-0.15, -0.1) is 22.7 Å². The third-order valence-electron chi connectivity index (χ3n) is 3.70. The van der Waals surface area contributed by atoms with Gasteiger partial charge < -0.3 is 10.2 Å². The van der Waals surface area contributed by atoms with E-state index >= 15 is 0 Å². The van der Waals surface area contributed by atoms with Crippen molar-refractivity contribution in [1.29, 1.82) is 0 Å². The molecule has 7 heteroatoms. The van der Waals surface area contributed by atoms with Crippen LogP contribution in [0.3, 0.4) is 0 Å². The van der Waals surface area contributed by atoms with Gasteiger partial charge >= 0.3 is 0 Å². The summed E-state index contributed by atoms with van der Waals surface area (Å²) in [7, 11) is 0. The van der Waals surface area contributed by atoms with Crippen molar-refractivity contribution in [3.63, 3.8) is 0 Å². The average Bonchev–Trinajstić information content (AvgIpc) is 3.26. The van der Waals surface area contributed by atoms with Crippen molar-refractivity contribution in [2.45, 2.75) is 12.8 Å². The second-order valence-electron chi connectivity index (χ2n) is 5.30. The molecule has 2 aromatic rings. The summed E-state index contributed by atoms with van der Waals surface area (Å²) in [5.74, 6) is -0.267. The highest BCUT2D eigenvalue weighted by molar-refractivity contribution is 7.13. The van der Waals surface area contributed by atoms with E-state index in [1.807, 2.05) is 29.0 Å². The highest BCUT2D eigenvalue weighted by Crippen LogP contribution is 2.20. The average molecular weight is 347 g/mol. The molecule has 120 valence electrons. The number of amides is 2. The maximum absolute atomic E-state index is 12.3. The van der Waals surface area contributed by atoms with Crippen LogP contribution < -0.4 is 5.32 Å². The summed E-state index contributed by atoms with van der Waals surface area (Å²) in [5.41, 5.74) is 0. The fourth-order valence-electron chi connectivity index (χ4n) is 2.53. The van der Waals surface area contributed by atoms with Crippen LogP contribution in [0.25, 0.3) is 6.08 Å². The molecule has 0 saturated carbocycles. The van der Waals surface area contributed by atoms with Gasteiger partial charge in [-0.3, -0.25) is 9.59 Å². The Balaban J connectivity index is 1.57. The molecule has 2 aromatic heterocycles. The molecule has 1 aliphatic heterocycles. The Bertz CT molecular complexity index is 680. The van der Waals surface area contributed by atoms with E-state index < -0.39 is 0 Å². The van der Waals surface area contributed by atoms with Crippen LogP contribution in [0.1, 0.15) is 17.7 Å². The van der Waals surface area contributed by atoms with Crippen molar-refractivity contribution < 1.29 is 9.59 Å². The lowest BCUT2D eigenvalue weighted by molar-refractivity contribution is -0.130. The lowest BCUT2D eigenvalue weighted by atomic mass is 9.97. The predicted octanol–water partition coefficient (Wildman–Crippen LogP) is 3.10. The molecule has 0 aliphatic carbocycles. The highest BCUT2D eigenvalue weighted by Gasteiger charge is 2.27. The summed E-state index contributed by atoms with van der Waals surface area (Å²) in [4.78, 5) is 31.4. The fourth-order valence-corrected chi connectivity index (χ4v) is 3.68. The summed E-state index contributed by atoms with van der Waals surface area (Å²) >= 11 is 2.99. The minimum Gasteiger partial charge on any atom is -0.338 e. The van der Waals surface area contributed by atoms with Crippen LogP contribution in [-0.4, -0.2) is 34.8 Å². The number of piperidine rings is 1. The van der Waals surface area contributed by atoms with Crippen molar-refractivity contribution in [2.24, 2.45) is 5.92 Å². The van der Waals surface area contributed by atoms with Gasteiger partial charge in [0.1, 0.15) is 0 Å². The Kier molecular flexibility index (Phi) is 5.19. The molecule has 1 atom stereocenters. The van der Waals surface area contributed by atoms with Gasteiger partial charge in [0.25, 0.3) is 0 Å². The Morgan fingerprint density at radius 3 is 3.00 bits per heavy atom. The van der Waals surface area contributed by atoms with Crippen molar-refractivity contribution in [2.75, 3.05) is 18.4 Å². The zero-order valence-corrected chi connectivity index (χ0v) is 14.1. The molecule has 1 saturated heterocycles. The third-order valence-corrected chi connectivity index (χ3v) is 5.23. The molecule has 2 amide bonds. The van der Waals surface area contributed by atoms with E-state index in [1.165, 1.54) is 11.3 Å². The number of carbonyl (C=O) groups excluding carboxylic acids is 2. The van der Waals surface area contributed by atoms with E-state index in [4.69, 9.17) is 0 Å². The van der Waals surface area contributed by atoms with Crippen LogP contribution in [0.5, 0.6) is 0 Å². The number of hydrogen-bond donors (Lipinski definition) is 1. The summed E-state index contributed by atoms with van der Waals surface area (Å²) in [6.07, 6.45) is 6.72. The zero-order valence-electron chi connectivity index (χ0n) is 12.5. The number of rotatable bonds is 4. The summed E-state index contributed by atoms with van der Waals surface area (Å²) < 4.78 is 0. The Morgan fingerprint density at radius 2 is 2.26 bits per heavy atom. The second kappa shape index (κ2) is 7.52. The maximum Gasteiger partial charge on any atom is 0.246 e. The number of carbonyl (C=O) groups is 2. The van der Waals surface area contributed by atoms with E-state index in [-0.39, 0.29) is 17.7 Å². The monoisotopic (exact) mass is 347 g/mol. The third kappa shape index (κ3) is 4.27. The summed E-state index contributed by atoms with van der Waals surface area (Å²) in [5, 5.41) is 7.22. The fraction of sp³-hybridized carbons (Fsp3) is 0.312. The Hall–Kier alpha value is -1.99. The minimum atomic E-state index is -0.174. The van der Waals surface area contributed by atoms with Crippen molar-refractivity contribution in [3.8, 4) is 0 Å². The van der Waals surface area contributed by atoms with Crippen LogP contribution >= 0.6 is 22.7 Å². The van der Waals surface area contributed by atoms with Crippen LogP contribution in [0, 0.1) is 5.92 Å². The standard InChI is InChI=1S/C16H17N3O2S2/c20-14(6-5-13-4-2-9-22-13)19-8-1-3-12(11-19)15(21)18-16-17-7-10-23-16/h2,4-7,9-10,12H,1,3,8,11H2,(H,17,18,21). The van der Waals surface area contributed by atoms with Gasteiger partial charge in [0.15, 0.2) is 5.13 Å². The Labute approximate surface area is 142 Å². The number of nitrogens with one attached hydrogen (secondary N) is 1. The smallest absolute Gasteiger partial charge is 0.246 e. The molecule has 1 N–H and O–H groups in total. The van der Waals surface area contributed by atoms with Gasteiger partial charge in [-0.2, -0.15) is 0 Å². The molecule has 1 fully saturated rings. The second-order valence-corrected chi connectivity index (χ2v) is 7.17. The molecule has 5 nitrogen and oxygen atoms in total. The van der Waals surface area contributed by atoms with Crippen LogP contribution in [0.2, 0.25) is 0 Å². The molecular formula is C16H17N3O2S2. The molecule has 23 heavy (non-hydrogen) atoms. The topological polar surface area (TPSA) is 62.3 Å². The maximum atomic E-state index is 12.3. The number of likely N-dealkylation sites (tertiary alicyclic amines) is 1. The molecule has 1 aliphatic rings. The van der Waals surface area contributed by atoms with E-state index in [9.17, 15) is 9.59 Å². The first-order chi connectivity index (χ1) is 11.2. The molecule has 0 bridgehead atoms. The molecule has 0 radical (unpaired) electrons. The van der Waals surface area contributed by atoms with Crippen LogP contribution in [-0.2, 0) is 9.59 Å². The molecule has 1 unspecified atom stereocenters. The van der Waals surface area contributed by atoms with Gasteiger partial charge in [-0.1, -0.05) is 6.07 Å². The van der Waals surface area contributed by atoms with E-state index in [0.717, 1.165) is 17.7 Å². The highest BCUT2D eigenvalue weighted by atomic mass is 32.1. The van der Waals surface area contributed by atoms with Crippen molar-refractivity contribution >= 4 is 45.7 Å². The molecule has 0 spiro atoms. The van der Waals surface area contributed by atoms with Gasteiger partial charge in [0.2, 0.25) is 11.8 Å². The lowest BCUT2D eigenvalue weighted by Crippen LogP contribution is -2.43. The van der Waals surface area contributed by atoms with Crippen LogP contribution in [0.4, 0.5) is 5.13 Å². The first-order valence-corrected chi connectivity index (χ1v) is 9.19. The van der Waals surface area contributed by atoms with Crippen molar-refractivity contribution in [1.82, 2.24) is 9.88 Å². The quantitative estimate of drug-likeness (QED) is 0.865. The normalized spacial score (nSPS) is 18.3. The van der Waals surface area contributed by atoms with E-state index in [2.05, 4.69) is 10.3 Å². The van der Waals surface area contributed by atoms with E-state index in [0.29, 0.717) is 18.2 Å². The summed E-state index contributed by atoms with van der Waals surface area (Å²) in [6, 6.07) is 3.92. The number of thiazole rings is 1. The Morgan fingerprint density at radius 1 is 1.35 bits per heavy atom. The molecule has 0 aromatic carbocycles. The minimum absolute atomic E-state index is 0.0369. The number of thiophene rings is 1. The molecule has 3 heterocycles. The largest absolute Gasteiger partial charge is 0.338 e. The van der Waals surface area contributed by atoms with E-state index in [1.54, 1.807) is 28.5 Å². The van der Waals surface area contributed by atoms with Gasteiger partial charge in [-0.25, -0.2) is 4.98 Å². The molecule has 3 rings (SSSR count). The first kappa shape index (κ1) is 15.9. The number of aromatic nitrogens is 1.